The molecule has 1 aromatic heterocycles. The third-order valence-electron chi connectivity index (χ3n) is 4.83. The van der Waals surface area contributed by atoms with Crippen LogP contribution in [-0.4, -0.2) is 56.1 Å². The van der Waals surface area contributed by atoms with Gasteiger partial charge in [-0.05, 0) is 55.9 Å². The third kappa shape index (κ3) is 6.22. The second kappa shape index (κ2) is 9.93. The summed E-state index contributed by atoms with van der Waals surface area (Å²) >= 11 is 0. The van der Waals surface area contributed by atoms with Crippen molar-refractivity contribution in [1.29, 1.82) is 0 Å². The zero-order chi connectivity index (χ0) is 20.6. The number of piperazine rings is 1. The van der Waals surface area contributed by atoms with Crippen molar-refractivity contribution in [2.45, 2.75) is 13.8 Å². The van der Waals surface area contributed by atoms with Crippen LogP contribution in [0.3, 0.4) is 0 Å². The summed E-state index contributed by atoms with van der Waals surface area (Å²) in [5, 5.41) is 2.74. The van der Waals surface area contributed by atoms with Crippen molar-refractivity contribution in [3.05, 3.63) is 54.0 Å². The number of benzene rings is 1. The molecule has 0 spiro atoms. The standard InChI is InChI=1S/C22H27N3O4/c1-3-24-12-14-25(15-13-24)19-7-5-18(6-8-19)23-21(26)16-28-22(27)11-10-20-9-4-17(2)29-20/h4-11H,3,12-16H2,1-2H3,(H,23,26)/b11-10+. The Labute approximate surface area is 170 Å². The second-order valence-corrected chi connectivity index (χ2v) is 6.91. The van der Waals surface area contributed by atoms with Gasteiger partial charge in [0.05, 0.1) is 0 Å². The smallest absolute Gasteiger partial charge is 0.331 e. The molecule has 0 saturated carbocycles. The molecule has 1 fully saturated rings. The molecular formula is C22H27N3O4. The maximum Gasteiger partial charge on any atom is 0.331 e. The quantitative estimate of drug-likeness (QED) is 0.572. The first kappa shape index (κ1) is 20.7. The van der Waals surface area contributed by atoms with Gasteiger partial charge in [0.25, 0.3) is 5.91 Å². The molecule has 0 aliphatic carbocycles. The fourth-order valence-corrected chi connectivity index (χ4v) is 3.15. The zero-order valence-corrected chi connectivity index (χ0v) is 16.9. The molecule has 0 atom stereocenters. The number of nitrogens with one attached hydrogen (secondary N) is 1. The molecule has 0 radical (unpaired) electrons. The molecule has 1 saturated heterocycles. The molecule has 29 heavy (non-hydrogen) atoms. The number of carbonyl (C=O) groups is 2. The largest absolute Gasteiger partial charge is 0.462 e. The molecule has 154 valence electrons. The van der Waals surface area contributed by atoms with Crippen molar-refractivity contribution in [2.24, 2.45) is 0 Å². The fraction of sp³-hybridized carbons (Fsp3) is 0.364. The predicted octanol–water partition coefficient (Wildman–Crippen LogP) is 2.93. The van der Waals surface area contributed by atoms with Gasteiger partial charge in [-0.2, -0.15) is 0 Å². The predicted molar refractivity (Wildman–Crippen MR) is 113 cm³/mol. The summed E-state index contributed by atoms with van der Waals surface area (Å²) in [4.78, 5) is 28.5. The van der Waals surface area contributed by atoms with Crippen molar-refractivity contribution in [2.75, 3.05) is 49.5 Å². The van der Waals surface area contributed by atoms with E-state index < -0.39 is 5.97 Å². The van der Waals surface area contributed by atoms with Crippen molar-refractivity contribution >= 4 is 29.3 Å². The first-order chi connectivity index (χ1) is 14.0. The van der Waals surface area contributed by atoms with Gasteiger partial charge in [-0.3, -0.25) is 4.79 Å². The molecule has 2 heterocycles. The molecule has 1 amide bonds. The summed E-state index contributed by atoms with van der Waals surface area (Å²) in [7, 11) is 0. The van der Waals surface area contributed by atoms with Crippen LogP contribution in [0.15, 0.2) is 46.9 Å². The molecule has 3 rings (SSSR count). The summed E-state index contributed by atoms with van der Waals surface area (Å²) in [6.45, 7) is 8.87. The lowest BCUT2D eigenvalue weighted by Crippen LogP contribution is -2.46. The SMILES string of the molecule is CCN1CCN(c2ccc(NC(=O)COC(=O)/C=C/c3ccc(C)o3)cc2)CC1. The Morgan fingerprint density at radius 2 is 1.83 bits per heavy atom. The number of hydrogen-bond acceptors (Lipinski definition) is 6. The molecule has 0 bridgehead atoms. The lowest BCUT2D eigenvalue weighted by Gasteiger charge is -2.35. The molecule has 7 nitrogen and oxygen atoms in total. The Hall–Kier alpha value is -3.06. The van der Waals surface area contributed by atoms with E-state index in [0.717, 1.165) is 44.2 Å². The van der Waals surface area contributed by atoms with Crippen LogP contribution in [0, 0.1) is 6.92 Å². The van der Waals surface area contributed by atoms with Crippen LogP contribution >= 0.6 is 0 Å². The van der Waals surface area contributed by atoms with Crippen LogP contribution in [0.4, 0.5) is 11.4 Å². The molecule has 1 N–H and O–H groups in total. The summed E-state index contributed by atoms with van der Waals surface area (Å²) in [5.74, 6) is 0.326. The number of nitrogens with zero attached hydrogens (tertiary/aromatic N) is 2. The molecule has 2 aromatic rings. The molecule has 1 aliphatic heterocycles. The van der Waals surface area contributed by atoms with E-state index >= 15 is 0 Å². The second-order valence-electron chi connectivity index (χ2n) is 6.91. The number of hydrogen-bond donors (Lipinski definition) is 1. The van der Waals surface area contributed by atoms with Crippen molar-refractivity contribution in [3.63, 3.8) is 0 Å². The summed E-state index contributed by atoms with van der Waals surface area (Å²) in [5.41, 5.74) is 1.81. The highest BCUT2D eigenvalue weighted by molar-refractivity contribution is 5.94. The van der Waals surface area contributed by atoms with Crippen LogP contribution in [0.25, 0.3) is 6.08 Å². The normalized spacial score (nSPS) is 14.9. The van der Waals surface area contributed by atoms with E-state index in [-0.39, 0.29) is 12.5 Å². The van der Waals surface area contributed by atoms with Crippen LogP contribution in [0.5, 0.6) is 0 Å². The Kier molecular flexibility index (Phi) is 7.08. The number of amides is 1. The van der Waals surface area contributed by atoms with E-state index in [0.29, 0.717) is 11.4 Å². The van der Waals surface area contributed by atoms with Gasteiger partial charge < -0.3 is 24.3 Å². The number of carbonyl (C=O) groups excluding carboxylic acids is 2. The highest BCUT2D eigenvalue weighted by Crippen LogP contribution is 2.19. The van der Waals surface area contributed by atoms with E-state index in [9.17, 15) is 9.59 Å². The van der Waals surface area contributed by atoms with Gasteiger partial charge in [-0.25, -0.2) is 4.79 Å². The molecular weight excluding hydrogens is 370 g/mol. The van der Waals surface area contributed by atoms with Crippen molar-refractivity contribution in [1.82, 2.24) is 4.90 Å². The Balaban J connectivity index is 1.42. The maximum atomic E-state index is 12.0. The maximum absolute atomic E-state index is 12.0. The summed E-state index contributed by atoms with van der Waals surface area (Å²) < 4.78 is 10.3. The van der Waals surface area contributed by atoms with Gasteiger partial charge in [0.2, 0.25) is 0 Å². The van der Waals surface area contributed by atoms with Gasteiger partial charge in [-0.15, -0.1) is 0 Å². The molecule has 1 aromatic carbocycles. The average Bonchev–Trinajstić information content (AvgIpc) is 3.16. The average molecular weight is 397 g/mol. The number of furan rings is 1. The van der Waals surface area contributed by atoms with Crippen LogP contribution in [0.2, 0.25) is 0 Å². The summed E-state index contributed by atoms with van der Waals surface area (Å²) in [6, 6.07) is 11.3. The minimum atomic E-state index is -0.601. The fourth-order valence-electron chi connectivity index (χ4n) is 3.15. The summed E-state index contributed by atoms with van der Waals surface area (Å²) in [6.07, 6.45) is 2.74. The number of anilines is 2. The lowest BCUT2D eigenvalue weighted by molar-refractivity contribution is -0.142. The van der Waals surface area contributed by atoms with E-state index in [1.165, 1.54) is 12.2 Å². The van der Waals surface area contributed by atoms with Gasteiger partial charge in [-0.1, -0.05) is 6.92 Å². The monoisotopic (exact) mass is 397 g/mol. The van der Waals surface area contributed by atoms with Crippen molar-refractivity contribution in [3.8, 4) is 0 Å². The van der Waals surface area contributed by atoms with Crippen molar-refractivity contribution < 1.29 is 18.7 Å². The van der Waals surface area contributed by atoms with E-state index in [4.69, 9.17) is 9.15 Å². The first-order valence-electron chi connectivity index (χ1n) is 9.82. The minimum absolute atomic E-state index is 0.346. The Morgan fingerprint density at radius 1 is 1.10 bits per heavy atom. The Bertz CT molecular complexity index is 849. The Morgan fingerprint density at radius 3 is 2.45 bits per heavy atom. The third-order valence-corrected chi connectivity index (χ3v) is 4.83. The minimum Gasteiger partial charge on any atom is -0.462 e. The van der Waals surface area contributed by atoms with Gasteiger partial charge >= 0.3 is 5.97 Å². The highest BCUT2D eigenvalue weighted by atomic mass is 16.5. The first-order valence-corrected chi connectivity index (χ1v) is 9.82. The number of rotatable bonds is 7. The lowest BCUT2D eigenvalue weighted by atomic mass is 10.2. The van der Waals surface area contributed by atoms with Crippen LogP contribution < -0.4 is 10.2 Å². The van der Waals surface area contributed by atoms with E-state index in [1.807, 2.05) is 31.2 Å². The zero-order valence-electron chi connectivity index (χ0n) is 16.9. The number of likely N-dealkylation sites (N-methyl/N-ethyl adjacent to an activating group) is 1. The van der Waals surface area contributed by atoms with Gasteiger partial charge in [0.15, 0.2) is 6.61 Å². The van der Waals surface area contributed by atoms with E-state index in [1.54, 1.807) is 12.1 Å². The van der Waals surface area contributed by atoms with Crippen LogP contribution in [-0.2, 0) is 14.3 Å². The molecule has 7 heteroatoms. The molecule has 1 aliphatic rings. The van der Waals surface area contributed by atoms with Gasteiger partial charge in [0, 0.05) is 43.6 Å². The number of esters is 1. The van der Waals surface area contributed by atoms with E-state index in [2.05, 4.69) is 22.0 Å². The molecule has 0 unspecified atom stereocenters. The topological polar surface area (TPSA) is 75.0 Å². The highest BCUT2D eigenvalue weighted by Gasteiger charge is 2.15. The number of aryl methyl sites for hydroxylation is 1. The van der Waals surface area contributed by atoms with Gasteiger partial charge in [0.1, 0.15) is 11.5 Å². The number of ether oxygens (including phenoxy) is 1. The van der Waals surface area contributed by atoms with Crippen LogP contribution in [0.1, 0.15) is 18.4 Å².